The first-order valence-electron chi connectivity index (χ1n) is 4.70. The number of rotatable bonds is 5. The Morgan fingerprint density at radius 3 is 2.50 bits per heavy atom. The molecule has 0 aliphatic carbocycles. The van der Waals surface area contributed by atoms with Gasteiger partial charge in [0.2, 0.25) is 0 Å². The van der Waals surface area contributed by atoms with Crippen LogP contribution < -0.4 is 5.32 Å². The highest BCUT2D eigenvalue weighted by molar-refractivity contribution is 5.74. The molecule has 0 bridgehead atoms. The van der Waals surface area contributed by atoms with Gasteiger partial charge in [-0.3, -0.25) is 4.79 Å². The molecular weight excluding hydrogens is 184 g/mol. The van der Waals surface area contributed by atoms with Crippen LogP contribution in [-0.2, 0) is 4.79 Å². The lowest BCUT2D eigenvalue weighted by Crippen LogP contribution is -2.41. The van der Waals surface area contributed by atoms with E-state index >= 15 is 0 Å². The van der Waals surface area contributed by atoms with Crippen molar-refractivity contribution in [2.75, 3.05) is 13.6 Å². The van der Waals surface area contributed by atoms with E-state index < -0.39 is 5.97 Å². The molecule has 1 unspecified atom stereocenters. The number of urea groups is 1. The Bertz CT molecular complexity index is 206. The van der Waals surface area contributed by atoms with E-state index in [1.54, 1.807) is 14.0 Å². The molecule has 5 heteroatoms. The Kier molecular flexibility index (Phi) is 5.67. The van der Waals surface area contributed by atoms with Crippen LogP contribution in [0.5, 0.6) is 0 Å². The van der Waals surface area contributed by atoms with Gasteiger partial charge in [0.05, 0.1) is 0 Å². The predicted octanol–water partition coefficient (Wildman–Crippen LogP) is 0.901. The summed E-state index contributed by atoms with van der Waals surface area (Å²) in [6.45, 7) is 4.31. The zero-order valence-electron chi connectivity index (χ0n) is 8.91. The van der Waals surface area contributed by atoms with E-state index in [0.29, 0.717) is 13.0 Å². The molecule has 0 spiro atoms. The molecule has 0 fully saturated rings. The lowest BCUT2D eigenvalue weighted by molar-refractivity contribution is -0.137. The van der Waals surface area contributed by atoms with Gasteiger partial charge >= 0.3 is 12.0 Å². The number of carbonyl (C=O) groups excluding carboxylic acids is 1. The van der Waals surface area contributed by atoms with Gasteiger partial charge in [-0.1, -0.05) is 0 Å². The third kappa shape index (κ3) is 5.40. The summed E-state index contributed by atoms with van der Waals surface area (Å²) < 4.78 is 0. The Hall–Kier alpha value is -1.26. The molecule has 0 saturated carbocycles. The van der Waals surface area contributed by atoms with Gasteiger partial charge in [0.25, 0.3) is 0 Å². The van der Waals surface area contributed by atoms with E-state index in [0.717, 1.165) is 0 Å². The van der Waals surface area contributed by atoms with Crippen LogP contribution in [0.25, 0.3) is 0 Å². The van der Waals surface area contributed by atoms with Gasteiger partial charge in [-0.25, -0.2) is 4.79 Å². The monoisotopic (exact) mass is 202 g/mol. The first-order chi connectivity index (χ1) is 6.47. The maximum Gasteiger partial charge on any atom is 0.317 e. The fourth-order valence-electron chi connectivity index (χ4n) is 0.877. The molecule has 0 radical (unpaired) electrons. The number of nitrogens with zero attached hydrogens (tertiary/aromatic N) is 1. The third-order valence-corrected chi connectivity index (χ3v) is 1.98. The number of hydrogen-bond acceptors (Lipinski definition) is 2. The lowest BCUT2D eigenvalue weighted by atomic mass is 10.2. The predicted molar refractivity (Wildman–Crippen MR) is 53.2 cm³/mol. The fraction of sp³-hybridized carbons (Fsp3) is 0.778. The molecule has 82 valence electrons. The SMILES string of the molecule is CCN(C)C(=O)NC(C)CCC(=O)O. The van der Waals surface area contributed by atoms with Crippen molar-refractivity contribution in [3.05, 3.63) is 0 Å². The van der Waals surface area contributed by atoms with Crippen LogP contribution in [0.15, 0.2) is 0 Å². The van der Waals surface area contributed by atoms with Crippen LogP contribution >= 0.6 is 0 Å². The van der Waals surface area contributed by atoms with Crippen molar-refractivity contribution in [2.45, 2.75) is 32.7 Å². The quantitative estimate of drug-likeness (QED) is 0.696. The highest BCUT2D eigenvalue weighted by Crippen LogP contribution is 1.97. The first kappa shape index (κ1) is 12.7. The van der Waals surface area contributed by atoms with E-state index in [4.69, 9.17) is 5.11 Å². The minimum atomic E-state index is -0.838. The highest BCUT2D eigenvalue weighted by atomic mass is 16.4. The Labute approximate surface area is 84.1 Å². The molecule has 0 aromatic heterocycles. The Morgan fingerprint density at radius 2 is 2.07 bits per heavy atom. The summed E-state index contributed by atoms with van der Waals surface area (Å²) >= 11 is 0. The second kappa shape index (κ2) is 6.23. The number of aliphatic carboxylic acids is 1. The zero-order valence-corrected chi connectivity index (χ0v) is 8.91. The molecule has 0 heterocycles. The van der Waals surface area contributed by atoms with Gasteiger partial charge in [0.15, 0.2) is 0 Å². The molecule has 2 amide bonds. The number of carboxylic acid groups (broad SMARTS) is 1. The molecule has 0 rings (SSSR count). The molecule has 14 heavy (non-hydrogen) atoms. The van der Waals surface area contributed by atoms with Crippen LogP contribution in [-0.4, -0.2) is 41.6 Å². The average molecular weight is 202 g/mol. The third-order valence-electron chi connectivity index (χ3n) is 1.98. The minimum absolute atomic E-state index is 0.0806. The van der Waals surface area contributed by atoms with Crippen LogP contribution in [0.4, 0.5) is 4.79 Å². The van der Waals surface area contributed by atoms with Gasteiger partial charge in [-0.2, -0.15) is 0 Å². The van der Waals surface area contributed by atoms with Crippen LogP contribution in [0.2, 0.25) is 0 Å². The Morgan fingerprint density at radius 1 is 1.50 bits per heavy atom. The summed E-state index contributed by atoms with van der Waals surface area (Å²) in [5.74, 6) is -0.838. The molecule has 5 nitrogen and oxygen atoms in total. The topological polar surface area (TPSA) is 69.6 Å². The fourth-order valence-corrected chi connectivity index (χ4v) is 0.877. The van der Waals surface area contributed by atoms with Crippen molar-refractivity contribution >= 4 is 12.0 Å². The van der Waals surface area contributed by atoms with E-state index in [1.165, 1.54) is 4.90 Å². The summed E-state index contributed by atoms with van der Waals surface area (Å²) in [6, 6.07) is -0.266. The van der Waals surface area contributed by atoms with Gasteiger partial charge in [0.1, 0.15) is 0 Å². The molecule has 1 atom stereocenters. The van der Waals surface area contributed by atoms with E-state index in [-0.39, 0.29) is 18.5 Å². The van der Waals surface area contributed by atoms with Crippen LogP contribution in [0.1, 0.15) is 26.7 Å². The van der Waals surface area contributed by atoms with Crippen molar-refractivity contribution in [1.82, 2.24) is 10.2 Å². The van der Waals surface area contributed by atoms with Crippen molar-refractivity contribution in [2.24, 2.45) is 0 Å². The van der Waals surface area contributed by atoms with Crippen LogP contribution in [0.3, 0.4) is 0 Å². The summed E-state index contributed by atoms with van der Waals surface area (Å²) in [5.41, 5.74) is 0. The molecule has 2 N–H and O–H groups in total. The maximum atomic E-state index is 11.3. The molecule has 0 aliphatic heterocycles. The number of hydrogen-bond donors (Lipinski definition) is 2. The van der Waals surface area contributed by atoms with Gasteiger partial charge in [-0.05, 0) is 20.3 Å². The van der Waals surface area contributed by atoms with Gasteiger partial charge < -0.3 is 15.3 Å². The molecule has 0 saturated heterocycles. The van der Waals surface area contributed by atoms with Crippen molar-refractivity contribution in [1.29, 1.82) is 0 Å². The molecule has 0 aliphatic rings. The smallest absolute Gasteiger partial charge is 0.317 e. The summed E-state index contributed by atoms with van der Waals surface area (Å²) in [7, 11) is 1.69. The second-order valence-corrected chi connectivity index (χ2v) is 3.30. The maximum absolute atomic E-state index is 11.3. The van der Waals surface area contributed by atoms with Crippen molar-refractivity contribution < 1.29 is 14.7 Å². The standard InChI is InChI=1S/C9H18N2O3/c1-4-11(3)9(14)10-7(2)5-6-8(12)13/h7H,4-6H2,1-3H3,(H,10,14)(H,12,13). The number of amides is 2. The zero-order chi connectivity index (χ0) is 11.1. The summed E-state index contributed by atoms with van der Waals surface area (Å²) in [6.07, 6.45) is 0.538. The minimum Gasteiger partial charge on any atom is -0.481 e. The van der Waals surface area contributed by atoms with E-state index in [1.807, 2.05) is 6.92 Å². The van der Waals surface area contributed by atoms with Crippen molar-refractivity contribution in [3.63, 3.8) is 0 Å². The van der Waals surface area contributed by atoms with E-state index in [9.17, 15) is 9.59 Å². The molecule has 0 aromatic carbocycles. The highest BCUT2D eigenvalue weighted by Gasteiger charge is 2.11. The Balaban J connectivity index is 3.76. The lowest BCUT2D eigenvalue weighted by Gasteiger charge is -2.19. The number of carbonyl (C=O) groups is 2. The summed E-state index contributed by atoms with van der Waals surface area (Å²) in [5, 5.41) is 11.1. The van der Waals surface area contributed by atoms with Crippen molar-refractivity contribution in [3.8, 4) is 0 Å². The van der Waals surface area contributed by atoms with Crippen LogP contribution in [0, 0.1) is 0 Å². The van der Waals surface area contributed by atoms with E-state index in [2.05, 4.69) is 5.32 Å². The normalized spacial score (nSPS) is 11.9. The average Bonchev–Trinajstić information content (AvgIpc) is 2.13. The van der Waals surface area contributed by atoms with Gasteiger partial charge in [-0.15, -0.1) is 0 Å². The molecular formula is C9H18N2O3. The molecule has 0 aromatic rings. The first-order valence-corrected chi connectivity index (χ1v) is 4.70. The van der Waals surface area contributed by atoms with Gasteiger partial charge in [0, 0.05) is 26.1 Å². The number of carboxylic acids is 1. The summed E-state index contributed by atoms with van der Waals surface area (Å²) in [4.78, 5) is 23.1. The number of nitrogens with one attached hydrogen (secondary N) is 1. The largest absolute Gasteiger partial charge is 0.481 e. The second-order valence-electron chi connectivity index (χ2n) is 3.30.